The quantitative estimate of drug-likeness (QED) is 0.514. The molecule has 15 heavy (non-hydrogen) atoms. The highest BCUT2D eigenvalue weighted by Crippen LogP contribution is 2.36. The number of alkyl halides is 1. The first-order valence-electron chi connectivity index (χ1n) is 6.72. The molecule has 0 radical (unpaired) electrons. The summed E-state index contributed by atoms with van der Waals surface area (Å²) in [5, 5.41) is 0. The van der Waals surface area contributed by atoms with E-state index in [2.05, 4.69) is 4.90 Å². The van der Waals surface area contributed by atoms with E-state index in [9.17, 15) is 0 Å². The van der Waals surface area contributed by atoms with Gasteiger partial charge in [-0.25, -0.2) is 0 Å². The zero-order valence-corrected chi connectivity index (χ0v) is 10.5. The molecular weight excluding hydrogens is 206 g/mol. The molecule has 2 rings (SSSR count). The van der Waals surface area contributed by atoms with Crippen molar-refractivity contribution in [3.05, 3.63) is 0 Å². The summed E-state index contributed by atoms with van der Waals surface area (Å²) in [5.41, 5.74) is 0. The predicted molar refractivity (Wildman–Crippen MR) is 66.5 cm³/mol. The van der Waals surface area contributed by atoms with Crippen molar-refractivity contribution in [2.45, 2.75) is 57.4 Å². The molecule has 1 aliphatic heterocycles. The van der Waals surface area contributed by atoms with E-state index in [0.717, 1.165) is 17.8 Å². The lowest BCUT2D eigenvalue weighted by atomic mass is 9.85. The van der Waals surface area contributed by atoms with Crippen LogP contribution in [0.5, 0.6) is 0 Å². The molecule has 1 aliphatic carbocycles. The van der Waals surface area contributed by atoms with E-state index in [4.69, 9.17) is 11.6 Å². The van der Waals surface area contributed by atoms with E-state index < -0.39 is 0 Å². The number of halogens is 1. The molecule has 2 unspecified atom stereocenters. The molecule has 2 atom stereocenters. The van der Waals surface area contributed by atoms with Crippen molar-refractivity contribution in [2.24, 2.45) is 5.92 Å². The lowest BCUT2D eigenvalue weighted by Crippen LogP contribution is -2.35. The normalized spacial score (nSPS) is 31.8. The van der Waals surface area contributed by atoms with E-state index in [1.54, 1.807) is 0 Å². The lowest BCUT2D eigenvalue weighted by Gasteiger charge is -2.31. The van der Waals surface area contributed by atoms with Crippen LogP contribution in [0.4, 0.5) is 0 Å². The van der Waals surface area contributed by atoms with Crippen molar-refractivity contribution < 1.29 is 0 Å². The SMILES string of the molecule is ClCCCCCN1CCC2CCCCC21. The van der Waals surface area contributed by atoms with Crippen LogP contribution in [0.1, 0.15) is 51.4 Å². The van der Waals surface area contributed by atoms with Gasteiger partial charge in [-0.15, -0.1) is 11.6 Å². The van der Waals surface area contributed by atoms with E-state index in [1.807, 2.05) is 0 Å². The smallest absolute Gasteiger partial charge is 0.0223 e. The highest BCUT2D eigenvalue weighted by Gasteiger charge is 2.34. The summed E-state index contributed by atoms with van der Waals surface area (Å²) in [6, 6.07) is 0.953. The Bertz CT molecular complexity index is 183. The standard InChI is InChI=1S/C13H24ClN/c14-9-4-1-5-10-15-11-8-12-6-2-3-7-13(12)15/h12-13H,1-11H2. The van der Waals surface area contributed by atoms with Gasteiger partial charge in [-0.05, 0) is 51.1 Å². The lowest BCUT2D eigenvalue weighted by molar-refractivity contribution is 0.180. The topological polar surface area (TPSA) is 3.24 Å². The second kappa shape index (κ2) is 6.10. The van der Waals surface area contributed by atoms with E-state index in [-0.39, 0.29) is 0 Å². The molecule has 0 N–H and O–H groups in total. The number of nitrogens with zero attached hydrogens (tertiary/aromatic N) is 1. The molecule has 2 heteroatoms. The van der Waals surface area contributed by atoms with Gasteiger partial charge in [0, 0.05) is 11.9 Å². The molecule has 1 saturated carbocycles. The molecule has 2 aliphatic rings. The third kappa shape index (κ3) is 3.10. The first kappa shape index (κ1) is 11.7. The van der Waals surface area contributed by atoms with Gasteiger partial charge in [-0.1, -0.05) is 19.3 Å². The Balaban J connectivity index is 1.69. The van der Waals surface area contributed by atoms with Crippen molar-refractivity contribution in [2.75, 3.05) is 19.0 Å². The number of fused-ring (bicyclic) bond motifs is 1. The Morgan fingerprint density at radius 3 is 2.73 bits per heavy atom. The fraction of sp³-hybridized carbons (Fsp3) is 1.00. The maximum atomic E-state index is 5.69. The van der Waals surface area contributed by atoms with E-state index in [1.165, 1.54) is 64.5 Å². The first-order valence-corrected chi connectivity index (χ1v) is 7.25. The van der Waals surface area contributed by atoms with Crippen LogP contribution in [-0.4, -0.2) is 29.9 Å². The maximum absolute atomic E-state index is 5.69. The Morgan fingerprint density at radius 1 is 1.00 bits per heavy atom. The Labute approximate surface area is 99.2 Å². The zero-order chi connectivity index (χ0) is 10.5. The Morgan fingerprint density at radius 2 is 1.87 bits per heavy atom. The number of unbranched alkanes of at least 4 members (excludes halogenated alkanes) is 2. The average Bonchev–Trinajstić information content (AvgIpc) is 2.68. The molecule has 1 heterocycles. The molecule has 1 nitrogen and oxygen atoms in total. The maximum Gasteiger partial charge on any atom is 0.0223 e. The van der Waals surface area contributed by atoms with Crippen LogP contribution in [0.2, 0.25) is 0 Å². The first-order chi connectivity index (χ1) is 7.42. The van der Waals surface area contributed by atoms with Crippen LogP contribution in [0.25, 0.3) is 0 Å². The van der Waals surface area contributed by atoms with Crippen LogP contribution < -0.4 is 0 Å². The molecular formula is C13H24ClN. The largest absolute Gasteiger partial charge is 0.300 e. The minimum Gasteiger partial charge on any atom is -0.300 e. The molecule has 0 aromatic rings. The Kier molecular flexibility index (Phi) is 4.77. The molecule has 88 valence electrons. The van der Waals surface area contributed by atoms with Crippen molar-refractivity contribution in [3.63, 3.8) is 0 Å². The van der Waals surface area contributed by atoms with Gasteiger partial charge in [0.25, 0.3) is 0 Å². The van der Waals surface area contributed by atoms with E-state index in [0.29, 0.717) is 0 Å². The summed E-state index contributed by atoms with van der Waals surface area (Å²) in [6.07, 6.45) is 11.3. The summed E-state index contributed by atoms with van der Waals surface area (Å²) in [6.45, 7) is 2.70. The van der Waals surface area contributed by atoms with Crippen molar-refractivity contribution in [1.82, 2.24) is 4.90 Å². The predicted octanol–water partition coefficient (Wildman–Crippen LogP) is 3.66. The summed E-state index contributed by atoms with van der Waals surface area (Å²) >= 11 is 5.69. The molecule has 0 aromatic carbocycles. The van der Waals surface area contributed by atoms with Gasteiger partial charge < -0.3 is 4.90 Å². The van der Waals surface area contributed by atoms with Gasteiger partial charge in [0.05, 0.1) is 0 Å². The van der Waals surface area contributed by atoms with Crippen molar-refractivity contribution in [1.29, 1.82) is 0 Å². The third-order valence-corrected chi connectivity index (χ3v) is 4.47. The van der Waals surface area contributed by atoms with Gasteiger partial charge in [0.1, 0.15) is 0 Å². The van der Waals surface area contributed by atoms with Crippen LogP contribution in [0.3, 0.4) is 0 Å². The summed E-state index contributed by atoms with van der Waals surface area (Å²) in [5.74, 6) is 1.89. The summed E-state index contributed by atoms with van der Waals surface area (Å²) in [7, 11) is 0. The van der Waals surface area contributed by atoms with Crippen LogP contribution in [0.15, 0.2) is 0 Å². The minimum absolute atomic E-state index is 0.839. The fourth-order valence-electron chi connectivity index (χ4n) is 3.37. The zero-order valence-electron chi connectivity index (χ0n) is 9.76. The van der Waals surface area contributed by atoms with Gasteiger partial charge >= 0.3 is 0 Å². The number of rotatable bonds is 5. The van der Waals surface area contributed by atoms with Gasteiger partial charge in [-0.2, -0.15) is 0 Å². The number of likely N-dealkylation sites (tertiary alicyclic amines) is 1. The number of hydrogen-bond donors (Lipinski definition) is 0. The minimum atomic E-state index is 0.839. The molecule has 0 amide bonds. The van der Waals surface area contributed by atoms with Crippen molar-refractivity contribution >= 4 is 11.6 Å². The van der Waals surface area contributed by atoms with Crippen molar-refractivity contribution in [3.8, 4) is 0 Å². The highest BCUT2D eigenvalue weighted by molar-refractivity contribution is 6.17. The second-order valence-corrected chi connectivity index (χ2v) is 5.56. The Hall–Kier alpha value is 0.250. The summed E-state index contributed by atoms with van der Waals surface area (Å²) < 4.78 is 0. The average molecular weight is 230 g/mol. The summed E-state index contributed by atoms with van der Waals surface area (Å²) in [4.78, 5) is 2.76. The molecule has 0 aromatic heterocycles. The monoisotopic (exact) mass is 229 g/mol. The van der Waals surface area contributed by atoms with Gasteiger partial charge in [0.2, 0.25) is 0 Å². The molecule has 1 saturated heterocycles. The fourth-order valence-corrected chi connectivity index (χ4v) is 3.56. The third-order valence-electron chi connectivity index (χ3n) is 4.20. The molecule has 0 bridgehead atoms. The van der Waals surface area contributed by atoms with Crippen LogP contribution in [-0.2, 0) is 0 Å². The second-order valence-electron chi connectivity index (χ2n) is 5.19. The molecule has 0 spiro atoms. The van der Waals surface area contributed by atoms with Gasteiger partial charge in [-0.3, -0.25) is 0 Å². The molecule has 2 fully saturated rings. The van der Waals surface area contributed by atoms with Gasteiger partial charge in [0.15, 0.2) is 0 Å². The highest BCUT2D eigenvalue weighted by atomic mass is 35.5. The van der Waals surface area contributed by atoms with E-state index >= 15 is 0 Å². The number of hydrogen-bond acceptors (Lipinski definition) is 1. The van der Waals surface area contributed by atoms with Crippen LogP contribution >= 0.6 is 11.6 Å². The van der Waals surface area contributed by atoms with Crippen LogP contribution in [0, 0.1) is 5.92 Å².